The number of hydrogen-bond acceptors (Lipinski definition) is 4. The first-order valence-electron chi connectivity index (χ1n) is 7.22. The molecule has 3 aromatic rings. The van der Waals surface area contributed by atoms with Gasteiger partial charge in [0.15, 0.2) is 5.13 Å². The molecule has 0 saturated heterocycles. The van der Waals surface area contributed by atoms with E-state index in [1.807, 2.05) is 24.3 Å². The molecule has 0 unspecified atom stereocenters. The number of nitrogens with two attached hydrogens (primary N) is 1. The van der Waals surface area contributed by atoms with Crippen LogP contribution in [0.5, 0.6) is 0 Å². The number of aromatic nitrogens is 1. The highest BCUT2D eigenvalue weighted by Gasteiger charge is 2.13. The number of hydrogen-bond donors (Lipinski definition) is 1. The zero-order chi connectivity index (χ0) is 14.7. The lowest BCUT2D eigenvalue weighted by molar-refractivity contribution is 0.766. The molecular formula is C17H19N3S. The van der Waals surface area contributed by atoms with Gasteiger partial charge in [-0.1, -0.05) is 48.6 Å². The molecule has 0 fully saturated rings. The van der Waals surface area contributed by atoms with Gasteiger partial charge in [-0.05, 0) is 30.2 Å². The molecule has 2 aromatic carbocycles. The highest BCUT2D eigenvalue weighted by molar-refractivity contribution is 7.22. The molecule has 0 aliphatic heterocycles. The summed E-state index contributed by atoms with van der Waals surface area (Å²) < 4.78 is 1.23. The Labute approximate surface area is 129 Å². The molecule has 0 radical (unpaired) electrons. The summed E-state index contributed by atoms with van der Waals surface area (Å²) in [7, 11) is 0. The Morgan fingerprint density at radius 3 is 2.62 bits per heavy atom. The molecule has 1 heterocycles. The van der Waals surface area contributed by atoms with Gasteiger partial charge in [-0.25, -0.2) is 4.98 Å². The fourth-order valence-corrected chi connectivity index (χ4v) is 3.38. The number of nitrogens with zero attached hydrogens (tertiary/aromatic N) is 2. The Balaban J connectivity index is 1.92. The maximum Gasteiger partial charge on any atom is 0.186 e. The van der Waals surface area contributed by atoms with Crippen LogP contribution in [0.15, 0.2) is 48.5 Å². The van der Waals surface area contributed by atoms with Gasteiger partial charge in [0.05, 0.1) is 10.2 Å². The van der Waals surface area contributed by atoms with Crippen molar-refractivity contribution in [3.05, 3.63) is 54.1 Å². The van der Waals surface area contributed by atoms with Crippen LogP contribution in [0.2, 0.25) is 0 Å². The summed E-state index contributed by atoms with van der Waals surface area (Å²) in [5, 5.41) is 1.07. The molecule has 4 heteroatoms. The van der Waals surface area contributed by atoms with Crippen molar-refractivity contribution in [2.24, 2.45) is 0 Å². The Morgan fingerprint density at radius 2 is 1.86 bits per heavy atom. The molecule has 2 N–H and O–H groups in total. The highest BCUT2D eigenvalue weighted by Crippen LogP contribution is 2.30. The van der Waals surface area contributed by atoms with E-state index in [1.54, 1.807) is 11.3 Å². The van der Waals surface area contributed by atoms with Crippen LogP contribution in [-0.4, -0.2) is 11.5 Å². The Kier molecular flexibility index (Phi) is 4.06. The van der Waals surface area contributed by atoms with Crippen molar-refractivity contribution in [2.45, 2.75) is 19.9 Å². The molecule has 3 nitrogen and oxygen atoms in total. The van der Waals surface area contributed by atoms with E-state index in [1.165, 1.54) is 4.70 Å². The third kappa shape index (κ3) is 3.00. The molecule has 108 valence electrons. The minimum absolute atomic E-state index is 0.806. The number of anilines is 2. The minimum atomic E-state index is 0.806. The van der Waals surface area contributed by atoms with Gasteiger partial charge in [-0.2, -0.15) is 0 Å². The number of para-hydroxylation sites is 2. The average Bonchev–Trinajstić information content (AvgIpc) is 2.93. The van der Waals surface area contributed by atoms with E-state index in [0.29, 0.717) is 0 Å². The highest BCUT2D eigenvalue weighted by atomic mass is 32.1. The number of rotatable bonds is 5. The van der Waals surface area contributed by atoms with E-state index in [9.17, 15) is 0 Å². The standard InChI is InChI=1S/C17H19N3S/c1-2-11-20(12-13-7-3-4-8-14(13)18)17-19-15-9-5-6-10-16(15)21-17/h3-10H,2,11-12,18H2,1H3. The second kappa shape index (κ2) is 6.14. The van der Waals surface area contributed by atoms with E-state index in [-0.39, 0.29) is 0 Å². The van der Waals surface area contributed by atoms with Gasteiger partial charge >= 0.3 is 0 Å². The Hall–Kier alpha value is -2.07. The van der Waals surface area contributed by atoms with E-state index in [0.717, 1.165) is 41.4 Å². The second-order valence-corrected chi connectivity index (χ2v) is 6.09. The summed E-state index contributed by atoms with van der Waals surface area (Å²) in [6, 6.07) is 16.3. The first kappa shape index (κ1) is 13.9. The maximum atomic E-state index is 6.07. The molecular weight excluding hydrogens is 278 g/mol. The zero-order valence-corrected chi connectivity index (χ0v) is 12.9. The SMILES string of the molecule is CCCN(Cc1ccccc1N)c1nc2ccccc2s1. The molecule has 1 aromatic heterocycles. The van der Waals surface area contributed by atoms with Crippen LogP contribution in [0.1, 0.15) is 18.9 Å². The van der Waals surface area contributed by atoms with Gasteiger partial charge in [-0.3, -0.25) is 0 Å². The van der Waals surface area contributed by atoms with E-state index in [4.69, 9.17) is 10.7 Å². The topological polar surface area (TPSA) is 42.1 Å². The number of thiazole rings is 1. The van der Waals surface area contributed by atoms with E-state index in [2.05, 4.69) is 36.1 Å². The number of nitrogen functional groups attached to an aromatic ring is 1. The lowest BCUT2D eigenvalue weighted by Gasteiger charge is -2.22. The minimum Gasteiger partial charge on any atom is -0.398 e. The predicted molar refractivity (Wildman–Crippen MR) is 91.8 cm³/mol. The van der Waals surface area contributed by atoms with Crippen LogP contribution in [0.4, 0.5) is 10.8 Å². The van der Waals surface area contributed by atoms with Crippen molar-refractivity contribution in [1.29, 1.82) is 0 Å². The van der Waals surface area contributed by atoms with Crippen LogP contribution in [0.3, 0.4) is 0 Å². The summed E-state index contributed by atoms with van der Waals surface area (Å²) in [5.41, 5.74) is 9.15. The van der Waals surface area contributed by atoms with E-state index >= 15 is 0 Å². The third-order valence-corrected chi connectivity index (χ3v) is 4.56. The summed E-state index contributed by atoms with van der Waals surface area (Å²) in [5.74, 6) is 0. The van der Waals surface area contributed by atoms with Crippen molar-refractivity contribution < 1.29 is 0 Å². The van der Waals surface area contributed by atoms with Crippen LogP contribution < -0.4 is 10.6 Å². The molecule has 0 amide bonds. The molecule has 0 bridgehead atoms. The quantitative estimate of drug-likeness (QED) is 0.714. The van der Waals surface area contributed by atoms with Crippen molar-refractivity contribution in [1.82, 2.24) is 4.98 Å². The van der Waals surface area contributed by atoms with Crippen LogP contribution >= 0.6 is 11.3 Å². The smallest absolute Gasteiger partial charge is 0.186 e. The first-order chi connectivity index (χ1) is 10.3. The molecule has 0 saturated carbocycles. The number of benzene rings is 2. The molecule has 0 aliphatic rings. The van der Waals surface area contributed by atoms with Crippen molar-refractivity contribution in [2.75, 3.05) is 17.2 Å². The fraction of sp³-hybridized carbons (Fsp3) is 0.235. The monoisotopic (exact) mass is 297 g/mol. The fourth-order valence-electron chi connectivity index (χ4n) is 2.39. The van der Waals surface area contributed by atoms with Gasteiger partial charge in [0.2, 0.25) is 0 Å². The second-order valence-electron chi connectivity index (χ2n) is 5.08. The summed E-state index contributed by atoms with van der Waals surface area (Å²) >= 11 is 1.74. The Morgan fingerprint density at radius 1 is 1.10 bits per heavy atom. The van der Waals surface area contributed by atoms with Gasteiger partial charge in [-0.15, -0.1) is 0 Å². The van der Waals surface area contributed by atoms with Crippen LogP contribution in [0, 0.1) is 0 Å². The lowest BCUT2D eigenvalue weighted by atomic mass is 10.1. The van der Waals surface area contributed by atoms with Crippen LogP contribution in [-0.2, 0) is 6.54 Å². The van der Waals surface area contributed by atoms with Gasteiger partial charge in [0.1, 0.15) is 0 Å². The summed E-state index contributed by atoms with van der Waals surface area (Å²) in [4.78, 5) is 7.08. The molecule has 0 spiro atoms. The van der Waals surface area contributed by atoms with Gasteiger partial charge in [0.25, 0.3) is 0 Å². The number of fused-ring (bicyclic) bond motifs is 1. The first-order valence-corrected chi connectivity index (χ1v) is 8.03. The predicted octanol–water partition coefficient (Wildman–Crippen LogP) is 4.30. The largest absolute Gasteiger partial charge is 0.398 e. The van der Waals surface area contributed by atoms with E-state index < -0.39 is 0 Å². The molecule has 0 aliphatic carbocycles. The van der Waals surface area contributed by atoms with Crippen molar-refractivity contribution in [3.63, 3.8) is 0 Å². The van der Waals surface area contributed by atoms with Crippen molar-refractivity contribution >= 4 is 32.4 Å². The third-order valence-electron chi connectivity index (χ3n) is 3.46. The average molecular weight is 297 g/mol. The maximum absolute atomic E-state index is 6.07. The summed E-state index contributed by atoms with van der Waals surface area (Å²) in [6.45, 7) is 3.98. The zero-order valence-electron chi connectivity index (χ0n) is 12.1. The molecule has 21 heavy (non-hydrogen) atoms. The summed E-state index contributed by atoms with van der Waals surface area (Å²) in [6.07, 6.45) is 1.09. The molecule has 3 rings (SSSR count). The normalized spacial score (nSPS) is 10.9. The van der Waals surface area contributed by atoms with Crippen LogP contribution in [0.25, 0.3) is 10.2 Å². The Bertz CT molecular complexity index is 702. The van der Waals surface area contributed by atoms with Crippen molar-refractivity contribution in [3.8, 4) is 0 Å². The van der Waals surface area contributed by atoms with Gasteiger partial charge < -0.3 is 10.6 Å². The van der Waals surface area contributed by atoms with Gasteiger partial charge in [0, 0.05) is 18.8 Å². The molecule has 0 atom stereocenters. The lowest BCUT2D eigenvalue weighted by Crippen LogP contribution is -2.23.